The Morgan fingerprint density at radius 3 is 2.29 bits per heavy atom. The lowest BCUT2D eigenvalue weighted by molar-refractivity contribution is -0.137. The predicted octanol–water partition coefficient (Wildman–Crippen LogP) is 4.29. The van der Waals surface area contributed by atoms with Gasteiger partial charge in [-0.05, 0) is 61.2 Å². The van der Waals surface area contributed by atoms with Gasteiger partial charge in [0.2, 0.25) is 11.7 Å². The van der Waals surface area contributed by atoms with Crippen molar-refractivity contribution in [2.75, 3.05) is 38.5 Å². The van der Waals surface area contributed by atoms with E-state index in [0.29, 0.717) is 52.7 Å². The van der Waals surface area contributed by atoms with E-state index in [1.165, 1.54) is 21.3 Å². The Morgan fingerprint density at radius 1 is 0.905 bits per heavy atom. The smallest absolute Gasteiger partial charge is 0.251 e. The van der Waals surface area contributed by atoms with Crippen LogP contribution in [0.2, 0.25) is 0 Å². The summed E-state index contributed by atoms with van der Waals surface area (Å²) in [5.74, 6) is -0.664. The van der Waals surface area contributed by atoms with Crippen molar-refractivity contribution >= 4 is 29.0 Å². The van der Waals surface area contributed by atoms with Crippen molar-refractivity contribution < 1.29 is 28.6 Å². The van der Waals surface area contributed by atoms with Gasteiger partial charge >= 0.3 is 0 Å². The average molecular weight is 568 g/mol. The third-order valence-corrected chi connectivity index (χ3v) is 9.80. The lowest BCUT2D eigenvalue weighted by Gasteiger charge is -2.43. The Bertz CT molecular complexity index is 1640. The van der Waals surface area contributed by atoms with Gasteiger partial charge in [0.05, 0.1) is 27.2 Å². The molecule has 4 aliphatic rings. The maximum atomic E-state index is 15.0. The van der Waals surface area contributed by atoms with Gasteiger partial charge in [0.1, 0.15) is 11.0 Å². The number of methoxy groups -OCH3 is 3. The molecule has 2 fully saturated rings. The van der Waals surface area contributed by atoms with E-state index in [1.54, 1.807) is 12.1 Å². The highest BCUT2D eigenvalue weighted by Crippen LogP contribution is 2.68. The molecule has 3 aromatic rings. The molecule has 4 atom stereocenters. The Hall–Kier alpha value is -4.37. The molecule has 9 nitrogen and oxygen atoms in total. The first-order chi connectivity index (χ1) is 20.4. The normalized spacial score (nSPS) is 27.0. The topological polar surface area (TPSA) is 106 Å². The van der Waals surface area contributed by atoms with Gasteiger partial charge in [-0.25, -0.2) is 0 Å². The van der Waals surface area contributed by atoms with Crippen molar-refractivity contribution in [3.05, 3.63) is 76.9 Å². The predicted molar refractivity (Wildman–Crippen MR) is 157 cm³/mol. The zero-order chi connectivity index (χ0) is 29.4. The molecule has 0 saturated carbocycles. The summed E-state index contributed by atoms with van der Waals surface area (Å²) in [6.07, 6.45) is 2.25. The summed E-state index contributed by atoms with van der Waals surface area (Å²) in [4.78, 5) is 46.5. The fourth-order valence-electron chi connectivity index (χ4n) is 8.25. The number of hydrogen-bond acceptors (Lipinski definition) is 7. The van der Waals surface area contributed by atoms with E-state index in [0.717, 1.165) is 24.0 Å². The van der Waals surface area contributed by atoms with Crippen LogP contribution in [0.15, 0.2) is 54.6 Å². The molecule has 2 spiro atoms. The number of rotatable bonds is 6. The molecule has 0 aliphatic carbocycles. The first-order valence-corrected chi connectivity index (χ1v) is 14.3. The molecule has 3 aromatic carbocycles. The number of amides is 2. The summed E-state index contributed by atoms with van der Waals surface area (Å²) < 4.78 is 16.7. The van der Waals surface area contributed by atoms with Crippen LogP contribution in [0.1, 0.15) is 46.8 Å². The molecule has 4 aliphatic heterocycles. The molecular formula is C33H33N3O6. The molecule has 0 aromatic heterocycles. The van der Waals surface area contributed by atoms with Gasteiger partial charge in [0, 0.05) is 28.5 Å². The molecule has 216 valence electrons. The zero-order valence-electron chi connectivity index (χ0n) is 24.1. The highest BCUT2D eigenvalue weighted by molar-refractivity contribution is 6.21. The lowest BCUT2D eigenvalue weighted by Crippen LogP contribution is -2.62. The number of ether oxygens (including phenoxy) is 3. The van der Waals surface area contributed by atoms with Crippen molar-refractivity contribution in [1.29, 1.82) is 0 Å². The van der Waals surface area contributed by atoms with Gasteiger partial charge in [-0.1, -0.05) is 37.3 Å². The van der Waals surface area contributed by atoms with Crippen molar-refractivity contribution in [2.45, 2.75) is 43.2 Å². The highest BCUT2D eigenvalue weighted by Gasteiger charge is 2.81. The molecule has 2 saturated heterocycles. The molecule has 4 heterocycles. The van der Waals surface area contributed by atoms with E-state index in [-0.39, 0.29) is 23.6 Å². The van der Waals surface area contributed by atoms with Crippen LogP contribution in [0, 0.1) is 5.92 Å². The van der Waals surface area contributed by atoms with Gasteiger partial charge in [-0.3, -0.25) is 19.3 Å². The molecule has 42 heavy (non-hydrogen) atoms. The van der Waals surface area contributed by atoms with Crippen LogP contribution in [0.25, 0.3) is 0 Å². The van der Waals surface area contributed by atoms with Gasteiger partial charge in [0.15, 0.2) is 17.3 Å². The highest BCUT2D eigenvalue weighted by atomic mass is 16.5. The number of anilines is 2. The standard InChI is InChI=1S/C33H33N3O6/c1-5-18-12-13-23-21(15-18)33(31(39)35-23)32(20-9-6-7-10-22(20)34-30(32)38)27(24-11-8-14-36(24)33)28(37)19-16-25(40-2)29(42-4)26(17-19)41-3/h6-7,9-10,12-13,15-17,24,27H,5,8,11,14H2,1-4H3,(H,34,38)(H,35,39)/t24-,27-,32+,33-/m1/s1. The molecule has 0 unspecified atom stereocenters. The second kappa shape index (κ2) is 9.32. The van der Waals surface area contributed by atoms with E-state index < -0.39 is 16.9 Å². The van der Waals surface area contributed by atoms with E-state index in [1.807, 2.05) is 42.5 Å². The molecule has 0 bridgehead atoms. The molecule has 2 amide bonds. The van der Waals surface area contributed by atoms with Gasteiger partial charge in [-0.15, -0.1) is 0 Å². The van der Waals surface area contributed by atoms with E-state index >= 15 is 4.79 Å². The van der Waals surface area contributed by atoms with Gasteiger partial charge in [0.25, 0.3) is 5.91 Å². The summed E-state index contributed by atoms with van der Waals surface area (Å²) in [7, 11) is 4.51. The van der Waals surface area contributed by atoms with E-state index in [9.17, 15) is 9.59 Å². The number of ketones is 1. The van der Waals surface area contributed by atoms with Crippen LogP contribution < -0.4 is 24.8 Å². The Kier molecular flexibility index (Phi) is 5.89. The van der Waals surface area contributed by atoms with E-state index in [2.05, 4.69) is 22.5 Å². The number of carbonyl (C=O) groups excluding carboxylic acids is 3. The minimum absolute atomic E-state index is 0.247. The van der Waals surface area contributed by atoms with Crippen molar-refractivity contribution in [1.82, 2.24) is 4.90 Å². The number of hydrogen-bond donors (Lipinski definition) is 2. The lowest BCUT2D eigenvalue weighted by atomic mass is 9.57. The second-order valence-electron chi connectivity index (χ2n) is 11.4. The van der Waals surface area contributed by atoms with E-state index in [4.69, 9.17) is 14.2 Å². The Morgan fingerprint density at radius 2 is 1.60 bits per heavy atom. The van der Waals surface area contributed by atoms with Crippen LogP contribution >= 0.6 is 0 Å². The third-order valence-electron chi connectivity index (χ3n) is 9.80. The average Bonchev–Trinajstić information content (AvgIpc) is 3.74. The number of carbonyl (C=O) groups is 3. The number of nitrogens with zero attached hydrogens (tertiary/aromatic N) is 1. The van der Waals surface area contributed by atoms with Crippen LogP contribution in [-0.4, -0.2) is 56.4 Å². The molecule has 9 heteroatoms. The van der Waals surface area contributed by atoms with Crippen LogP contribution in [-0.2, 0) is 27.0 Å². The number of para-hydroxylation sites is 1. The van der Waals surface area contributed by atoms with Gasteiger partial charge < -0.3 is 24.8 Å². The van der Waals surface area contributed by atoms with Crippen LogP contribution in [0.3, 0.4) is 0 Å². The fourth-order valence-corrected chi connectivity index (χ4v) is 8.25. The summed E-state index contributed by atoms with van der Waals surface area (Å²) in [6.45, 7) is 2.65. The minimum atomic E-state index is -1.52. The maximum Gasteiger partial charge on any atom is 0.251 e. The maximum absolute atomic E-state index is 15.0. The van der Waals surface area contributed by atoms with Gasteiger partial charge in [-0.2, -0.15) is 0 Å². The number of aryl methyl sites for hydroxylation is 1. The van der Waals surface area contributed by atoms with Crippen molar-refractivity contribution in [2.24, 2.45) is 5.92 Å². The zero-order valence-corrected chi connectivity index (χ0v) is 24.1. The quantitative estimate of drug-likeness (QED) is 0.428. The molecule has 2 N–H and O–H groups in total. The number of fused-ring (bicyclic) bond motifs is 7. The minimum Gasteiger partial charge on any atom is -0.493 e. The molecular weight excluding hydrogens is 534 g/mol. The number of Topliss-reactive ketones (excluding diaryl/α,β-unsaturated/α-hetero) is 1. The summed E-state index contributed by atoms with van der Waals surface area (Å²) >= 11 is 0. The summed E-state index contributed by atoms with van der Waals surface area (Å²) in [5, 5.41) is 6.20. The first kappa shape index (κ1) is 26.5. The second-order valence-corrected chi connectivity index (χ2v) is 11.4. The van der Waals surface area contributed by atoms with Crippen LogP contribution in [0.5, 0.6) is 17.2 Å². The van der Waals surface area contributed by atoms with Crippen LogP contribution in [0.4, 0.5) is 11.4 Å². The van der Waals surface area contributed by atoms with Crippen molar-refractivity contribution in [3.63, 3.8) is 0 Å². The molecule has 0 radical (unpaired) electrons. The fraction of sp³-hybridized carbons (Fsp3) is 0.364. The first-order valence-electron chi connectivity index (χ1n) is 14.3. The Balaban J connectivity index is 1.55. The molecule has 7 rings (SSSR count). The SMILES string of the molecule is CCc1ccc2c(c1)[C@]1(C(=O)N2)N2CCC[C@@H]2[C@H](C(=O)c2cc(OC)c(OC)c(OC)c2)[C@@]12C(=O)Nc1ccccc12. The summed E-state index contributed by atoms with van der Waals surface area (Å²) in [5.41, 5.74) is 1.18. The number of benzene rings is 3. The summed E-state index contributed by atoms with van der Waals surface area (Å²) in [6, 6.07) is 16.4. The monoisotopic (exact) mass is 567 g/mol. The van der Waals surface area contributed by atoms with Crippen molar-refractivity contribution in [3.8, 4) is 17.2 Å². The third kappa shape index (κ3) is 3.04. The largest absolute Gasteiger partial charge is 0.493 e. The Labute approximate surface area is 244 Å². The number of nitrogens with one attached hydrogen (secondary N) is 2.